The Kier molecular flexibility index (Phi) is 6.26. The SMILES string of the molecule is CNC1CCCCC1CCOCC(C)C. The Balaban J connectivity index is 2.12. The second-order valence-electron chi connectivity index (χ2n) is 5.20. The molecule has 90 valence electrons. The van der Waals surface area contributed by atoms with Gasteiger partial charge in [-0.1, -0.05) is 26.7 Å². The summed E-state index contributed by atoms with van der Waals surface area (Å²) in [6.45, 7) is 6.27. The van der Waals surface area contributed by atoms with E-state index < -0.39 is 0 Å². The molecule has 0 aromatic rings. The highest BCUT2D eigenvalue weighted by Gasteiger charge is 2.22. The molecule has 0 amide bonds. The molecule has 2 atom stereocenters. The normalized spacial score (nSPS) is 27.2. The van der Waals surface area contributed by atoms with Crippen LogP contribution in [0, 0.1) is 11.8 Å². The Hall–Kier alpha value is -0.0800. The first kappa shape index (κ1) is 13.0. The molecule has 0 saturated heterocycles. The minimum atomic E-state index is 0.663. The van der Waals surface area contributed by atoms with Crippen LogP contribution in [-0.4, -0.2) is 26.3 Å². The molecule has 2 unspecified atom stereocenters. The van der Waals surface area contributed by atoms with Gasteiger partial charge in [0.2, 0.25) is 0 Å². The van der Waals surface area contributed by atoms with Crippen LogP contribution in [0.5, 0.6) is 0 Å². The predicted octanol–water partition coefficient (Wildman–Crippen LogP) is 2.83. The molecular weight excluding hydrogens is 186 g/mol. The molecule has 0 aromatic carbocycles. The maximum atomic E-state index is 5.66. The number of hydrogen-bond acceptors (Lipinski definition) is 2. The van der Waals surface area contributed by atoms with Crippen LogP contribution in [0.4, 0.5) is 0 Å². The van der Waals surface area contributed by atoms with Gasteiger partial charge >= 0.3 is 0 Å². The van der Waals surface area contributed by atoms with Crippen molar-refractivity contribution in [2.45, 2.75) is 52.0 Å². The van der Waals surface area contributed by atoms with E-state index in [-0.39, 0.29) is 0 Å². The predicted molar refractivity (Wildman–Crippen MR) is 65.1 cm³/mol. The molecular formula is C13H27NO. The average Bonchev–Trinajstić information content (AvgIpc) is 2.24. The third-order valence-electron chi connectivity index (χ3n) is 3.36. The first-order valence-electron chi connectivity index (χ1n) is 6.49. The van der Waals surface area contributed by atoms with Crippen molar-refractivity contribution < 1.29 is 4.74 Å². The Morgan fingerprint density at radius 3 is 2.67 bits per heavy atom. The molecule has 2 nitrogen and oxygen atoms in total. The maximum Gasteiger partial charge on any atom is 0.0488 e. The minimum absolute atomic E-state index is 0.663. The smallest absolute Gasteiger partial charge is 0.0488 e. The van der Waals surface area contributed by atoms with Crippen LogP contribution >= 0.6 is 0 Å². The average molecular weight is 213 g/mol. The summed E-state index contributed by atoms with van der Waals surface area (Å²) in [6, 6.07) is 0.737. The minimum Gasteiger partial charge on any atom is -0.381 e. The van der Waals surface area contributed by atoms with E-state index in [9.17, 15) is 0 Å². The lowest BCUT2D eigenvalue weighted by atomic mass is 9.83. The third kappa shape index (κ3) is 4.98. The van der Waals surface area contributed by atoms with Crippen LogP contribution in [0.3, 0.4) is 0 Å². The molecule has 2 heteroatoms. The van der Waals surface area contributed by atoms with Gasteiger partial charge in [-0.05, 0) is 38.1 Å². The van der Waals surface area contributed by atoms with Crippen molar-refractivity contribution in [2.75, 3.05) is 20.3 Å². The van der Waals surface area contributed by atoms with E-state index in [1.54, 1.807) is 0 Å². The third-order valence-corrected chi connectivity index (χ3v) is 3.36. The Morgan fingerprint density at radius 1 is 1.27 bits per heavy atom. The number of rotatable bonds is 6. The monoisotopic (exact) mass is 213 g/mol. The molecule has 0 aromatic heterocycles. The van der Waals surface area contributed by atoms with E-state index in [0.717, 1.165) is 25.2 Å². The second kappa shape index (κ2) is 7.24. The van der Waals surface area contributed by atoms with E-state index >= 15 is 0 Å². The van der Waals surface area contributed by atoms with Gasteiger partial charge in [0.1, 0.15) is 0 Å². The summed E-state index contributed by atoms with van der Waals surface area (Å²) in [5.41, 5.74) is 0. The van der Waals surface area contributed by atoms with Gasteiger partial charge in [-0.15, -0.1) is 0 Å². The summed E-state index contributed by atoms with van der Waals surface area (Å²) in [7, 11) is 2.10. The standard InChI is InChI=1S/C13H27NO/c1-11(2)10-15-9-8-12-6-4-5-7-13(12)14-3/h11-14H,4-10H2,1-3H3. The Bertz CT molecular complexity index is 159. The molecule has 1 saturated carbocycles. The lowest BCUT2D eigenvalue weighted by Crippen LogP contribution is -2.36. The Morgan fingerprint density at radius 2 is 2.00 bits per heavy atom. The number of ether oxygens (including phenoxy) is 1. The van der Waals surface area contributed by atoms with Crippen LogP contribution in [0.1, 0.15) is 46.0 Å². The zero-order valence-electron chi connectivity index (χ0n) is 10.6. The zero-order chi connectivity index (χ0) is 11.1. The molecule has 1 fully saturated rings. The van der Waals surface area contributed by atoms with Gasteiger partial charge in [0.05, 0.1) is 0 Å². The highest BCUT2D eigenvalue weighted by molar-refractivity contribution is 4.79. The first-order valence-corrected chi connectivity index (χ1v) is 6.49. The quantitative estimate of drug-likeness (QED) is 0.685. The van der Waals surface area contributed by atoms with Crippen molar-refractivity contribution in [3.8, 4) is 0 Å². The summed E-state index contributed by atoms with van der Waals surface area (Å²) in [6.07, 6.45) is 6.78. The molecule has 0 heterocycles. The van der Waals surface area contributed by atoms with E-state index in [1.165, 1.54) is 32.1 Å². The first-order chi connectivity index (χ1) is 7.24. The summed E-state index contributed by atoms with van der Waals surface area (Å²) in [4.78, 5) is 0. The molecule has 0 bridgehead atoms. The van der Waals surface area contributed by atoms with Crippen LogP contribution in [0.25, 0.3) is 0 Å². The van der Waals surface area contributed by atoms with Crippen molar-refractivity contribution in [3.05, 3.63) is 0 Å². The van der Waals surface area contributed by atoms with Crippen LogP contribution < -0.4 is 5.32 Å². The van der Waals surface area contributed by atoms with Gasteiger partial charge in [-0.25, -0.2) is 0 Å². The molecule has 0 radical (unpaired) electrons. The maximum absolute atomic E-state index is 5.66. The van der Waals surface area contributed by atoms with Crippen molar-refractivity contribution in [1.29, 1.82) is 0 Å². The van der Waals surface area contributed by atoms with Gasteiger partial charge < -0.3 is 10.1 Å². The topological polar surface area (TPSA) is 21.3 Å². The number of hydrogen-bond donors (Lipinski definition) is 1. The van der Waals surface area contributed by atoms with Crippen LogP contribution in [0.2, 0.25) is 0 Å². The van der Waals surface area contributed by atoms with Crippen LogP contribution in [-0.2, 0) is 4.74 Å². The summed E-state index contributed by atoms with van der Waals surface area (Å²) in [5, 5.41) is 3.45. The summed E-state index contributed by atoms with van der Waals surface area (Å²) < 4.78 is 5.66. The fourth-order valence-electron chi connectivity index (χ4n) is 2.49. The van der Waals surface area contributed by atoms with E-state index in [0.29, 0.717) is 5.92 Å². The van der Waals surface area contributed by atoms with Gasteiger partial charge in [-0.2, -0.15) is 0 Å². The Labute approximate surface area is 94.8 Å². The van der Waals surface area contributed by atoms with Gasteiger partial charge in [-0.3, -0.25) is 0 Å². The fourth-order valence-corrected chi connectivity index (χ4v) is 2.49. The zero-order valence-corrected chi connectivity index (χ0v) is 10.6. The van der Waals surface area contributed by atoms with Crippen molar-refractivity contribution in [2.24, 2.45) is 11.8 Å². The summed E-state index contributed by atoms with van der Waals surface area (Å²) >= 11 is 0. The van der Waals surface area contributed by atoms with Gasteiger partial charge in [0.15, 0.2) is 0 Å². The molecule has 15 heavy (non-hydrogen) atoms. The molecule has 0 aliphatic heterocycles. The molecule has 1 rings (SSSR count). The molecule has 1 aliphatic rings. The van der Waals surface area contributed by atoms with E-state index in [2.05, 4.69) is 26.2 Å². The lowest BCUT2D eigenvalue weighted by Gasteiger charge is -2.31. The highest BCUT2D eigenvalue weighted by atomic mass is 16.5. The summed E-state index contributed by atoms with van der Waals surface area (Å²) in [5.74, 6) is 1.51. The van der Waals surface area contributed by atoms with Crippen molar-refractivity contribution in [3.63, 3.8) is 0 Å². The lowest BCUT2D eigenvalue weighted by molar-refractivity contribution is 0.0875. The van der Waals surface area contributed by atoms with Crippen molar-refractivity contribution >= 4 is 0 Å². The highest BCUT2D eigenvalue weighted by Crippen LogP contribution is 2.26. The molecule has 1 N–H and O–H groups in total. The van der Waals surface area contributed by atoms with E-state index in [4.69, 9.17) is 4.74 Å². The van der Waals surface area contributed by atoms with Crippen molar-refractivity contribution in [1.82, 2.24) is 5.32 Å². The van der Waals surface area contributed by atoms with Gasteiger partial charge in [0, 0.05) is 19.3 Å². The number of nitrogens with one attached hydrogen (secondary N) is 1. The second-order valence-corrected chi connectivity index (χ2v) is 5.20. The largest absolute Gasteiger partial charge is 0.381 e. The van der Waals surface area contributed by atoms with Gasteiger partial charge in [0.25, 0.3) is 0 Å². The fraction of sp³-hybridized carbons (Fsp3) is 1.00. The molecule has 1 aliphatic carbocycles. The van der Waals surface area contributed by atoms with E-state index in [1.807, 2.05) is 0 Å². The molecule has 0 spiro atoms. The van der Waals surface area contributed by atoms with Crippen LogP contribution in [0.15, 0.2) is 0 Å².